The summed E-state index contributed by atoms with van der Waals surface area (Å²) in [6.07, 6.45) is 5.23. The van der Waals surface area contributed by atoms with Gasteiger partial charge in [-0.15, -0.1) is 0 Å². The Balaban J connectivity index is 1.66. The molecule has 2 rings (SSSR count). The molecule has 0 spiro atoms. The molecule has 98 valence electrons. The van der Waals surface area contributed by atoms with Crippen LogP contribution in [0.1, 0.15) is 29.6 Å². The molecule has 18 heavy (non-hydrogen) atoms. The van der Waals surface area contributed by atoms with Gasteiger partial charge in [-0.25, -0.2) is 4.98 Å². The molecule has 1 aliphatic heterocycles. The molecule has 1 aliphatic rings. The topological polar surface area (TPSA) is 45.2 Å². The molecule has 4 nitrogen and oxygen atoms in total. The third-order valence-electron chi connectivity index (χ3n) is 3.12. The van der Waals surface area contributed by atoms with Gasteiger partial charge in [-0.3, -0.25) is 4.79 Å². The molecule has 0 aliphatic carbocycles. The normalized spacial score (nSPS) is 15.8. The van der Waals surface area contributed by atoms with Gasteiger partial charge in [0.2, 0.25) is 0 Å². The van der Waals surface area contributed by atoms with Crippen molar-refractivity contribution in [3.8, 4) is 0 Å². The smallest absolute Gasteiger partial charge is 0.252 e. The van der Waals surface area contributed by atoms with E-state index in [0.29, 0.717) is 5.56 Å². The minimum absolute atomic E-state index is 0.0450. The van der Waals surface area contributed by atoms with Gasteiger partial charge in [-0.05, 0) is 67.0 Å². The molecular formula is C13H18BrN3O. The van der Waals surface area contributed by atoms with Crippen molar-refractivity contribution in [2.75, 3.05) is 26.2 Å². The molecule has 0 saturated carbocycles. The van der Waals surface area contributed by atoms with Gasteiger partial charge >= 0.3 is 0 Å². The molecule has 2 heterocycles. The molecule has 1 amide bonds. The molecule has 0 bridgehead atoms. The largest absolute Gasteiger partial charge is 0.352 e. The average molecular weight is 312 g/mol. The van der Waals surface area contributed by atoms with Gasteiger partial charge < -0.3 is 10.2 Å². The highest BCUT2D eigenvalue weighted by molar-refractivity contribution is 9.10. The maximum absolute atomic E-state index is 11.8. The van der Waals surface area contributed by atoms with Gasteiger partial charge in [0.05, 0.1) is 5.56 Å². The Morgan fingerprint density at radius 2 is 2.17 bits per heavy atom. The van der Waals surface area contributed by atoms with E-state index < -0.39 is 0 Å². The highest BCUT2D eigenvalue weighted by Crippen LogP contribution is 2.07. The molecule has 1 saturated heterocycles. The lowest BCUT2D eigenvalue weighted by Crippen LogP contribution is -2.28. The fraction of sp³-hybridized carbons (Fsp3) is 0.538. The molecule has 0 atom stereocenters. The molecule has 0 unspecified atom stereocenters. The third kappa shape index (κ3) is 4.07. The Hall–Kier alpha value is -0.940. The summed E-state index contributed by atoms with van der Waals surface area (Å²) in [5.74, 6) is -0.0450. The zero-order chi connectivity index (χ0) is 12.8. The van der Waals surface area contributed by atoms with Crippen LogP contribution in [0.2, 0.25) is 0 Å². The summed E-state index contributed by atoms with van der Waals surface area (Å²) >= 11 is 3.25. The minimum atomic E-state index is -0.0450. The third-order valence-corrected chi connectivity index (χ3v) is 3.59. The van der Waals surface area contributed by atoms with Gasteiger partial charge in [-0.1, -0.05) is 0 Å². The van der Waals surface area contributed by atoms with Gasteiger partial charge in [0.25, 0.3) is 5.91 Å². The lowest BCUT2D eigenvalue weighted by atomic mass is 10.2. The number of amides is 1. The van der Waals surface area contributed by atoms with Crippen molar-refractivity contribution in [1.82, 2.24) is 15.2 Å². The fourth-order valence-electron chi connectivity index (χ4n) is 2.12. The fourth-order valence-corrected chi connectivity index (χ4v) is 2.36. The van der Waals surface area contributed by atoms with Gasteiger partial charge in [-0.2, -0.15) is 0 Å². The first kappa shape index (κ1) is 13.5. The predicted octanol–water partition coefficient (Wildman–Crippen LogP) is 2.06. The number of nitrogens with one attached hydrogen (secondary N) is 1. The van der Waals surface area contributed by atoms with E-state index in [1.807, 2.05) is 0 Å². The zero-order valence-electron chi connectivity index (χ0n) is 10.4. The predicted molar refractivity (Wildman–Crippen MR) is 74.6 cm³/mol. The van der Waals surface area contributed by atoms with E-state index in [0.717, 1.165) is 24.1 Å². The summed E-state index contributed by atoms with van der Waals surface area (Å²) in [6, 6.07) is 3.55. The molecule has 1 N–H and O–H groups in total. The number of pyridine rings is 1. The molecule has 0 aromatic carbocycles. The highest BCUT2D eigenvalue weighted by Gasteiger charge is 2.10. The van der Waals surface area contributed by atoms with Crippen LogP contribution in [0.15, 0.2) is 22.9 Å². The first-order chi connectivity index (χ1) is 8.75. The van der Waals surface area contributed by atoms with Gasteiger partial charge in [0.1, 0.15) is 4.60 Å². The molecule has 5 heteroatoms. The van der Waals surface area contributed by atoms with Crippen molar-refractivity contribution >= 4 is 21.8 Å². The monoisotopic (exact) mass is 311 g/mol. The number of aromatic nitrogens is 1. The van der Waals surface area contributed by atoms with Crippen LogP contribution in [0.4, 0.5) is 0 Å². The van der Waals surface area contributed by atoms with E-state index in [2.05, 4.69) is 31.1 Å². The summed E-state index contributed by atoms with van der Waals surface area (Å²) in [7, 11) is 0. The van der Waals surface area contributed by atoms with E-state index in [9.17, 15) is 4.79 Å². The van der Waals surface area contributed by atoms with Crippen LogP contribution in [0.5, 0.6) is 0 Å². The number of rotatable bonds is 5. The Labute approximate surface area is 116 Å². The number of nitrogens with zero attached hydrogens (tertiary/aromatic N) is 2. The average Bonchev–Trinajstić information content (AvgIpc) is 2.88. The number of carbonyl (C=O) groups excluding carboxylic acids is 1. The van der Waals surface area contributed by atoms with Crippen molar-refractivity contribution < 1.29 is 4.79 Å². The van der Waals surface area contributed by atoms with Crippen molar-refractivity contribution in [2.24, 2.45) is 0 Å². The van der Waals surface area contributed by atoms with Crippen LogP contribution >= 0.6 is 15.9 Å². The van der Waals surface area contributed by atoms with E-state index in [-0.39, 0.29) is 5.91 Å². The maximum Gasteiger partial charge on any atom is 0.252 e. The van der Waals surface area contributed by atoms with Crippen LogP contribution in [0, 0.1) is 0 Å². The summed E-state index contributed by atoms with van der Waals surface area (Å²) in [5.41, 5.74) is 0.611. The van der Waals surface area contributed by atoms with Crippen molar-refractivity contribution in [3.05, 3.63) is 28.5 Å². The second-order valence-electron chi connectivity index (χ2n) is 4.53. The first-order valence-corrected chi connectivity index (χ1v) is 7.17. The molecule has 1 fully saturated rings. The lowest BCUT2D eigenvalue weighted by Gasteiger charge is -2.14. The Kier molecular flexibility index (Phi) is 5.13. The van der Waals surface area contributed by atoms with E-state index in [1.165, 1.54) is 25.9 Å². The summed E-state index contributed by atoms with van der Waals surface area (Å²) in [5, 5.41) is 2.92. The second-order valence-corrected chi connectivity index (χ2v) is 5.34. The van der Waals surface area contributed by atoms with Crippen molar-refractivity contribution in [2.45, 2.75) is 19.3 Å². The highest BCUT2D eigenvalue weighted by atomic mass is 79.9. The van der Waals surface area contributed by atoms with E-state index in [1.54, 1.807) is 18.3 Å². The number of hydrogen-bond acceptors (Lipinski definition) is 3. The van der Waals surface area contributed by atoms with Gasteiger partial charge in [0, 0.05) is 12.7 Å². The Morgan fingerprint density at radius 1 is 1.39 bits per heavy atom. The van der Waals surface area contributed by atoms with Crippen molar-refractivity contribution in [1.29, 1.82) is 0 Å². The summed E-state index contributed by atoms with van der Waals surface area (Å²) < 4.78 is 0.744. The van der Waals surface area contributed by atoms with E-state index in [4.69, 9.17) is 0 Å². The SMILES string of the molecule is O=C(NCCCN1CCCC1)c1ccc(Br)nc1. The maximum atomic E-state index is 11.8. The summed E-state index contributed by atoms with van der Waals surface area (Å²) in [6.45, 7) is 4.24. The van der Waals surface area contributed by atoms with Crippen LogP contribution in [-0.4, -0.2) is 42.0 Å². The quantitative estimate of drug-likeness (QED) is 0.669. The zero-order valence-corrected chi connectivity index (χ0v) is 11.9. The van der Waals surface area contributed by atoms with E-state index >= 15 is 0 Å². The van der Waals surface area contributed by atoms with Crippen LogP contribution in [-0.2, 0) is 0 Å². The Morgan fingerprint density at radius 3 is 2.83 bits per heavy atom. The first-order valence-electron chi connectivity index (χ1n) is 6.38. The van der Waals surface area contributed by atoms with Crippen LogP contribution in [0.25, 0.3) is 0 Å². The van der Waals surface area contributed by atoms with Crippen molar-refractivity contribution in [3.63, 3.8) is 0 Å². The number of hydrogen-bond donors (Lipinski definition) is 1. The number of carbonyl (C=O) groups is 1. The number of halogens is 1. The van der Waals surface area contributed by atoms with Crippen LogP contribution in [0.3, 0.4) is 0 Å². The standard InChI is InChI=1S/C13H18BrN3O/c14-12-5-4-11(10-16-12)13(18)15-6-3-9-17-7-1-2-8-17/h4-5,10H,1-3,6-9H2,(H,15,18). The molecular weight excluding hydrogens is 294 g/mol. The van der Waals surface area contributed by atoms with Crippen LogP contribution < -0.4 is 5.32 Å². The molecule has 1 aromatic rings. The Bertz CT molecular complexity index is 388. The molecule has 1 aromatic heterocycles. The second kappa shape index (κ2) is 6.85. The molecule has 0 radical (unpaired) electrons. The lowest BCUT2D eigenvalue weighted by molar-refractivity contribution is 0.0951. The number of likely N-dealkylation sites (tertiary alicyclic amines) is 1. The minimum Gasteiger partial charge on any atom is -0.352 e. The summed E-state index contributed by atoms with van der Waals surface area (Å²) in [4.78, 5) is 18.3. The van der Waals surface area contributed by atoms with Gasteiger partial charge in [0.15, 0.2) is 0 Å².